The summed E-state index contributed by atoms with van der Waals surface area (Å²) in [4.78, 5) is 21.1. The van der Waals surface area contributed by atoms with Crippen molar-refractivity contribution in [2.24, 2.45) is 0 Å². The first-order valence-corrected chi connectivity index (χ1v) is 8.34. The first kappa shape index (κ1) is 16.8. The van der Waals surface area contributed by atoms with Gasteiger partial charge in [0, 0.05) is 17.3 Å². The molecule has 3 aromatic rings. The van der Waals surface area contributed by atoms with Gasteiger partial charge in [-0.05, 0) is 37.3 Å². The third-order valence-corrected chi connectivity index (χ3v) is 4.08. The van der Waals surface area contributed by atoms with Crippen LogP contribution in [0, 0.1) is 6.92 Å². The number of carbonyl (C=O) groups excluding carboxylic acids is 1. The lowest BCUT2D eigenvalue weighted by Crippen LogP contribution is -2.06. The number of hydrogen-bond acceptors (Lipinski definition) is 7. The first-order chi connectivity index (χ1) is 13.1. The lowest BCUT2D eigenvalue weighted by atomic mass is 10.1. The molecule has 1 N–H and O–H groups in total. The molecule has 1 aliphatic rings. The molecule has 7 nitrogen and oxygen atoms in total. The molecule has 0 atom stereocenters. The van der Waals surface area contributed by atoms with Gasteiger partial charge in [-0.1, -0.05) is 12.1 Å². The van der Waals surface area contributed by atoms with Gasteiger partial charge in [0.25, 0.3) is 0 Å². The summed E-state index contributed by atoms with van der Waals surface area (Å²) in [6, 6.07) is 14.5. The average molecular weight is 363 g/mol. The zero-order valence-electron chi connectivity index (χ0n) is 14.9. The molecule has 0 amide bonds. The van der Waals surface area contributed by atoms with Crippen LogP contribution < -0.4 is 14.8 Å². The number of aryl methyl sites for hydroxylation is 1. The molecule has 0 spiro atoms. The van der Waals surface area contributed by atoms with Gasteiger partial charge in [-0.2, -0.15) is 0 Å². The third kappa shape index (κ3) is 3.39. The van der Waals surface area contributed by atoms with Crippen LogP contribution in [0.25, 0.3) is 11.4 Å². The molecule has 0 saturated heterocycles. The number of fused-ring (bicyclic) bond motifs is 1. The van der Waals surface area contributed by atoms with E-state index in [-0.39, 0.29) is 6.79 Å². The van der Waals surface area contributed by atoms with Crippen molar-refractivity contribution in [1.82, 2.24) is 9.97 Å². The molecule has 27 heavy (non-hydrogen) atoms. The molecular formula is C20H17N3O4. The van der Waals surface area contributed by atoms with E-state index in [0.29, 0.717) is 34.4 Å². The minimum atomic E-state index is -0.417. The normalized spacial score (nSPS) is 11.9. The van der Waals surface area contributed by atoms with E-state index in [2.05, 4.69) is 15.3 Å². The predicted octanol–water partition coefficient (Wildman–Crippen LogP) is 3.71. The van der Waals surface area contributed by atoms with E-state index >= 15 is 0 Å². The molecule has 2 heterocycles. The van der Waals surface area contributed by atoms with Crippen LogP contribution in [-0.2, 0) is 4.74 Å². The predicted molar refractivity (Wildman–Crippen MR) is 99.4 cm³/mol. The highest BCUT2D eigenvalue weighted by molar-refractivity contribution is 5.96. The second-order valence-electron chi connectivity index (χ2n) is 5.95. The van der Waals surface area contributed by atoms with Crippen molar-refractivity contribution in [1.29, 1.82) is 0 Å². The zero-order chi connectivity index (χ0) is 18.8. The van der Waals surface area contributed by atoms with Gasteiger partial charge >= 0.3 is 5.97 Å². The first-order valence-electron chi connectivity index (χ1n) is 8.34. The molecule has 0 fully saturated rings. The number of para-hydroxylation sites is 1. The quantitative estimate of drug-likeness (QED) is 0.708. The third-order valence-electron chi connectivity index (χ3n) is 4.08. The summed E-state index contributed by atoms with van der Waals surface area (Å²) in [6.45, 7) is 2.10. The van der Waals surface area contributed by atoms with Crippen molar-refractivity contribution in [2.75, 3.05) is 19.2 Å². The Morgan fingerprint density at radius 1 is 1.07 bits per heavy atom. The summed E-state index contributed by atoms with van der Waals surface area (Å²) in [7, 11) is 1.35. The number of anilines is 2. The van der Waals surface area contributed by atoms with Crippen molar-refractivity contribution in [2.45, 2.75) is 6.92 Å². The van der Waals surface area contributed by atoms with Crippen LogP contribution in [0.4, 0.5) is 11.5 Å². The molecule has 1 aliphatic heterocycles. The summed E-state index contributed by atoms with van der Waals surface area (Å²) in [5.74, 6) is 2.08. The zero-order valence-corrected chi connectivity index (χ0v) is 14.9. The maximum absolute atomic E-state index is 12.0. The monoisotopic (exact) mass is 363 g/mol. The molecule has 0 aliphatic carbocycles. The Labute approximate surface area is 155 Å². The number of methoxy groups -OCH3 is 1. The van der Waals surface area contributed by atoms with Gasteiger partial charge in [0.05, 0.1) is 18.4 Å². The molecule has 0 unspecified atom stereocenters. The Bertz CT molecular complexity index is 1020. The Balaban J connectivity index is 1.69. The number of esters is 1. The summed E-state index contributed by atoms with van der Waals surface area (Å²) in [6.07, 6.45) is 0. The molecule has 0 bridgehead atoms. The number of rotatable bonds is 4. The molecule has 7 heteroatoms. The topological polar surface area (TPSA) is 82.6 Å². The van der Waals surface area contributed by atoms with Crippen LogP contribution in [0.1, 0.15) is 16.1 Å². The number of nitrogens with zero attached hydrogens (tertiary/aromatic N) is 2. The van der Waals surface area contributed by atoms with Crippen molar-refractivity contribution in [3.8, 4) is 22.9 Å². The standard InChI is InChI=1S/C20H17N3O4/c1-12-9-18(22-15-6-4-3-5-14(15)20(24)25-2)23-19(21-12)13-7-8-16-17(10-13)27-11-26-16/h3-10H,11H2,1-2H3,(H,21,22,23). The van der Waals surface area contributed by atoms with Gasteiger partial charge in [0.15, 0.2) is 17.3 Å². The number of nitrogens with one attached hydrogen (secondary N) is 1. The van der Waals surface area contributed by atoms with E-state index in [0.717, 1.165) is 11.3 Å². The average Bonchev–Trinajstić information content (AvgIpc) is 3.15. The largest absolute Gasteiger partial charge is 0.465 e. The molecule has 0 radical (unpaired) electrons. The second-order valence-corrected chi connectivity index (χ2v) is 5.95. The van der Waals surface area contributed by atoms with Crippen LogP contribution in [0.2, 0.25) is 0 Å². The lowest BCUT2D eigenvalue weighted by molar-refractivity contribution is 0.0602. The molecule has 136 valence electrons. The fourth-order valence-electron chi connectivity index (χ4n) is 2.82. The lowest BCUT2D eigenvalue weighted by Gasteiger charge is -2.12. The van der Waals surface area contributed by atoms with Gasteiger partial charge in [-0.25, -0.2) is 14.8 Å². The van der Waals surface area contributed by atoms with Gasteiger partial charge in [-0.15, -0.1) is 0 Å². The number of aromatic nitrogens is 2. The van der Waals surface area contributed by atoms with Crippen LogP contribution in [0.3, 0.4) is 0 Å². The fraction of sp³-hybridized carbons (Fsp3) is 0.150. The summed E-state index contributed by atoms with van der Waals surface area (Å²) < 4.78 is 15.6. The number of benzene rings is 2. The van der Waals surface area contributed by atoms with E-state index in [9.17, 15) is 4.79 Å². The highest BCUT2D eigenvalue weighted by Crippen LogP contribution is 2.35. The Hall–Kier alpha value is -3.61. The summed E-state index contributed by atoms with van der Waals surface area (Å²) in [5, 5.41) is 3.18. The molecule has 1 aromatic heterocycles. The maximum Gasteiger partial charge on any atom is 0.339 e. The molecular weight excluding hydrogens is 346 g/mol. The molecule has 4 rings (SSSR count). The van der Waals surface area contributed by atoms with E-state index in [1.54, 1.807) is 18.2 Å². The molecule has 2 aromatic carbocycles. The minimum Gasteiger partial charge on any atom is -0.465 e. The van der Waals surface area contributed by atoms with Crippen LogP contribution >= 0.6 is 0 Å². The van der Waals surface area contributed by atoms with Crippen molar-refractivity contribution >= 4 is 17.5 Å². The Morgan fingerprint density at radius 2 is 1.89 bits per heavy atom. The van der Waals surface area contributed by atoms with Crippen LogP contribution in [0.15, 0.2) is 48.5 Å². The van der Waals surface area contributed by atoms with E-state index in [1.165, 1.54) is 7.11 Å². The van der Waals surface area contributed by atoms with Crippen molar-refractivity contribution in [3.63, 3.8) is 0 Å². The molecule has 0 saturated carbocycles. The van der Waals surface area contributed by atoms with Crippen molar-refractivity contribution < 1.29 is 19.0 Å². The van der Waals surface area contributed by atoms with E-state index < -0.39 is 5.97 Å². The maximum atomic E-state index is 12.0. The summed E-state index contributed by atoms with van der Waals surface area (Å²) >= 11 is 0. The number of carbonyl (C=O) groups is 1. The van der Waals surface area contributed by atoms with Gasteiger partial charge < -0.3 is 19.5 Å². The second kappa shape index (κ2) is 6.95. The van der Waals surface area contributed by atoms with Crippen LogP contribution in [-0.4, -0.2) is 29.8 Å². The van der Waals surface area contributed by atoms with Crippen molar-refractivity contribution in [3.05, 3.63) is 59.8 Å². The highest BCUT2D eigenvalue weighted by atomic mass is 16.7. The van der Waals surface area contributed by atoms with Gasteiger partial charge in [0.2, 0.25) is 6.79 Å². The highest BCUT2D eigenvalue weighted by Gasteiger charge is 2.16. The Morgan fingerprint density at radius 3 is 2.74 bits per heavy atom. The minimum absolute atomic E-state index is 0.213. The van der Waals surface area contributed by atoms with E-state index in [1.807, 2.05) is 37.3 Å². The number of hydrogen-bond donors (Lipinski definition) is 1. The van der Waals surface area contributed by atoms with Gasteiger partial charge in [-0.3, -0.25) is 0 Å². The van der Waals surface area contributed by atoms with E-state index in [4.69, 9.17) is 14.2 Å². The fourth-order valence-corrected chi connectivity index (χ4v) is 2.82. The Kier molecular flexibility index (Phi) is 4.33. The smallest absolute Gasteiger partial charge is 0.339 e. The number of ether oxygens (including phenoxy) is 3. The van der Waals surface area contributed by atoms with Crippen LogP contribution in [0.5, 0.6) is 11.5 Å². The van der Waals surface area contributed by atoms with Gasteiger partial charge in [0.1, 0.15) is 5.82 Å². The summed E-state index contributed by atoms with van der Waals surface area (Å²) in [5.41, 5.74) is 2.64. The SMILES string of the molecule is COC(=O)c1ccccc1Nc1cc(C)nc(-c2ccc3c(c2)OCO3)n1.